The first-order valence-electron chi connectivity index (χ1n) is 10.1. The number of aromatic nitrogens is 2. The molecular weight excluding hydrogens is 366 g/mol. The number of benzene rings is 2. The number of nitrogens with zero attached hydrogens (tertiary/aromatic N) is 2. The summed E-state index contributed by atoms with van der Waals surface area (Å²) in [7, 11) is 0. The highest BCUT2D eigenvalue weighted by molar-refractivity contribution is 5.98. The number of rotatable bonds is 5. The van der Waals surface area contributed by atoms with E-state index in [2.05, 4.69) is 4.98 Å². The standard InChI is InChI=1S/C23H25N3O3/c1-16-6-8-17(9-7-16)21(27)10-11-22(28)25-14-12-18(13-15-25)26-20-5-3-2-4-19(20)24-23(26)29/h2-9,18H,10-15H2,1H3,(H,24,29). The van der Waals surface area contributed by atoms with Crippen LogP contribution in [0.1, 0.15) is 47.6 Å². The average molecular weight is 391 g/mol. The molecule has 0 bridgehead atoms. The molecule has 1 fully saturated rings. The van der Waals surface area contributed by atoms with Gasteiger partial charge in [-0.25, -0.2) is 4.79 Å². The predicted octanol–water partition coefficient (Wildman–Crippen LogP) is 3.46. The number of H-pyrrole nitrogens is 1. The van der Waals surface area contributed by atoms with Gasteiger partial charge in [-0.1, -0.05) is 42.0 Å². The molecule has 4 rings (SSSR count). The molecule has 0 unspecified atom stereocenters. The quantitative estimate of drug-likeness (QED) is 0.677. The summed E-state index contributed by atoms with van der Waals surface area (Å²) < 4.78 is 1.82. The molecule has 29 heavy (non-hydrogen) atoms. The van der Waals surface area contributed by atoms with Crippen molar-refractivity contribution < 1.29 is 9.59 Å². The molecule has 1 aliphatic heterocycles. The Morgan fingerprint density at radius 3 is 2.41 bits per heavy atom. The zero-order valence-electron chi connectivity index (χ0n) is 16.6. The summed E-state index contributed by atoms with van der Waals surface area (Å²) in [6.07, 6.45) is 1.92. The second-order valence-corrected chi connectivity index (χ2v) is 7.72. The number of imidazole rings is 1. The van der Waals surface area contributed by atoms with E-state index in [0.29, 0.717) is 18.7 Å². The highest BCUT2D eigenvalue weighted by atomic mass is 16.2. The molecule has 6 nitrogen and oxygen atoms in total. The van der Waals surface area contributed by atoms with Crippen LogP contribution < -0.4 is 5.69 Å². The lowest BCUT2D eigenvalue weighted by Gasteiger charge is -2.32. The third-order valence-corrected chi connectivity index (χ3v) is 5.75. The number of hydrogen-bond donors (Lipinski definition) is 1. The summed E-state index contributed by atoms with van der Waals surface area (Å²) in [4.78, 5) is 42.0. The lowest BCUT2D eigenvalue weighted by molar-refractivity contribution is -0.132. The lowest BCUT2D eigenvalue weighted by atomic mass is 10.0. The van der Waals surface area contributed by atoms with Crippen molar-refractivity contribution in [3.63, 3.8) is 0 Å². The van der Waals surface area contributed by atoms with Crippen molar-refractivity contribution in [3.8, 4) is 0 Å². The predicted molar refractivity (Wildman–Crippen MR) is 112 cm³/mol. The highest BCUT2D eigenvalue weighted by Crippen LogP contribution is 2.25. The van der Waals surface area contributed by atoms with Crippen LogP contribution in [0.2, 0.25) is 0 Å². The first kappa shape index (κ1) is 19.2. The monoisotopic (exact) mass is 391 g/mol. The Morgan fingerprint density at radius 2 is 1.69 bits per heavy atom. The highest BCUT2D eigenvalue weighted by Gasteiger charge is 2.26. The molecule has 1 N–H and O–H groups in total. The number of Topliss-reactive ketones (excluding diaryl/α,β-unsaturated/α-hetero) is 1. The number of aromatic amines is 1. The minimum absolute atomic E-state index is 0.00131. The van der Waals surface area contributed by atoms with E-state index in [1.807, 2.05) is 64.9 Å². The molecule has 0 saturated carbocycles. The Labute approximate surface area is 169 Å². The molecule has 1 amide bonds. The van der Waals surface area contributed by atoms with Crippen molar-refractivity contribution in [2.45, 2.75) is 38.6 Å². The molecule has 1 saturated heterocycles. The van der Waals surface area contributed by atoms with Crippen LogP contribution in [0.15, 0.2) is 53.3 Å². The van der Waals surface area contributed by atoms with Gasteiger partial charge in [-0.2, -0.15) is 0 Å². The van der Waals surface area contributed by atoms with Crippen LogP contribution in [0.25, 0.3) is 11.0 Å². The number of aryl methyl sites for hydroxylation is 1. The van der Waals surface area contributed by atoms with Gasteiger partial charge in [0.25, 0.3) is 0 Å². The maximum atomic E-state index is 12.6. The smallest absolute Gasteiger partial charge is 0.326 e. The minimum atomic E-state index is -0.0975. The molecule has 3 aromatic rings. The van der Waals surface area contributed by atoms with Gasteiger partial charge in [0.05, 0.1) is 11.0 Å². The van der Waals surface area contributed by atoms with Crippen molar-refractivity contribution in [3.05, 3.63) is 70.1 Å². The van der Waals surface area contributed by atoms with Gasteiger partial charge in [-0.3, -0.25) is 14.2 Å². The van der Waals surface area contributed by atoms with E-state index >= 15 is 0 Å². The van der Waals surface area contributed by atoms with Crippen LogP contribution in [-0.2, 0) is 4.79 Å². The SMILES string of the molecule is Cc1ccc(C(=O)CCC(=O)N2CCC(n3c(=O)[nH]c4ccccc43)CC2)cc1. The Balaban J connectivity index is 1.34. The number of ketones is 1. The number of fused-ring (bicyclic) bond motifs is 1. The summed E-state index contributed by atoms with van der Waals surface area (Å²) in [5.74, 6) is 0.00812. The first-order valence-corrected chi connectivity index (χ1v) is 10.1. The van der Waals surface area contributed by atoms with E-state index in [0.717, 1.165) is 29.4 Å². The van der Waals surface area contributed by atoms with Crippen molar-refractivity contribution >= 4 is 22.7 Å². The van der Waals surface area contributed by atoms with Crippen LogP contribution in [0, 0.1) is 6.92 Å². The average Bonchev–Trinajstić information content (AvgIpc) is 3.08. The second-order valence-electron chi connectivity index (χ2n) is 7.72. The Morgan fingerprint density at radius 1 is 1.00 bits per heavy atom. The maximum absolute atomic E-state index is 12.6. The molecule has 150 valence electrons. The number of likely N-dealkylation sites (tertiary alicyclic amines) is 1. The van der Waals surface area contributed by atoms with Crippen molar-refractivity contribution in [2.75, 3.05) is 13.1 Å². The first-order chi connectivity index (χ1) is 14.0. The van der Waals surface area contributed by atoms with E-state index in [1.165, 1.54) is 0 Å². The number of carbonyl (C=O) groups is 2. The molecule has 6 heteroatoms. The third-order valence-electron chi connectivity index (χ3n) is 5.75. The molecular formula is C23H25N3O3. The maximum Gasteiger partial charge on any atom is 0.326 e. The molecule has 0 radical (unpaired) electrons. The van der Waals surface area contributed by atoms with Gasteiger partial charge >= 0.3 is 5.69 Å². The topological polar surface area (TPSA) is 75.2 Å². The molecule has 0 aliphatic carbocycles. The Hall–Kier alpha value is -3.15. The van der Waals surface area contributed by atoms with E-state index < -0.39 is 0 Å². The number of piperidine rings is 1. The van der Waals surface area contributed by atoms with E-state index in [9.17, 15) is 14.4 Å². The molecule has 1 aromatic heterocycles. The van der Waals surface area contributed by atoms with Crippen molar-refractivity contribution in [1.82, 2.24) is 14.5 Å². The number of nitrogens with one attached hydrogen (secondary N) is 1. The number of carbonyl (C=O) groups excluding carboxylic acids is 2. The van der Waals surface area contributed by atoms with E-state index in [1.54, 1.807) is 0 Å². The van der Waals surface area contributed by atoms with E-state index in [-0.39, 0.29) is 36.3 Å². The fraction of sp³-hybridized carbons (Fsp3) is 0.348. The van der Waals surface area contributed by atoms with Gasteiger partial charge in [0, 0.05) is 37.5 Å². The van der Waals surface area contributed by atoms with Gasteiger partial charge in [-0.05, 0) is 31.9 Å². The molecule has 0 atom stereocenters. The molecule has 2 aromatic carbocycles. The van der Waals surface area contributed by atoms with Crippen molar-refractivity contribution in [1.29, 1.82) is 0 Å². The zero-order valence-corrected chi connectivity index (χ0v) is 16.6. The molecule has 2 heterocycles. The number of amides is 1. The normalized spacial score (nSPS) is 15.0. The summed E-state index contributed by atoms with van der Waals surface area (Å²) in [5.41, 5.74) is 3.41. The summed E-state index contributed by atoms with van der Waals surface area (Å²) in [6.45, 7) is 3.19. The third kappa shape index (κ3) is 4.01. The van der Waals surface area contributed by atoms with Crippen LogP contribution >= 0.6 is 0 Å². The Bertz CT molecular complexity index is 1090. The van der Waals surface area contributed by atoms with Gasteiger partial charge in [-0.15, -0.1) is 0 Å². The molecule has 1 aliphatic rings. The van der Waals surface area contributed by atoms with Gasteiger partial charge in [0.15, 0.2) is 5.78 Å². The van der Waals surface area contributed by atoms with Crippen LogP contribution in [-0.4, -0.2) is 39.2 Å². The Kier molecular flexibility index (Phi) is 5.34. The van der Waals surface area contributed by atoms with Crippen LogP contribution in [0.5, 0.6) is 0 Å². The van der Waals surface area contributed by atoms with Crippen LogP contribution in [0.3, 0.4) is 0 Å². The van der Waals surface area contributed by atoms with E-state index in [4.69, 9.17) is 0 Å². The summed E-state index contributed by atoms with van der Waals surface area (Å²) in [5, 5.41) is 0. The molecule has 0 spiro atoms. The lowest BCUT2D eigenvalue weighted by Crippen LogP contribution is -2.40. The zero-order chi connectivity index (χ0) is 20.4. The number of hydrogen-bond acceptors (Lipinski definition) is 3. The van der Waals surface area contributed by atoms with Gasteiger partial charge < -0.3 is 9.88 Å². The fourth-order valence-corrected chi connectivity index (χ4v) is 4.07. The van der Waals surface area contributed by atoms with Crippen molar-refractivity contribution in [2.24, 2.45) is 0 Å². The van der Waals surface area contributed by atoms with Crippen LogP contribution in [0.4, 0.5) is 0 Å². The number of para-hydroxylation sites is 2. The summed E-state index contributed by atoms with van der Waals surface area (Å²) in [6, 6.07) is 15.2. The fourth-order valence-electron chi connectivity index (χ4n) is 4.07. The summed E-state index contributed by atoms with van der Waals surface area (Å²) >= 11 is 0. The van der Waals surface area contributed by atoms with Gasteiger partial charge in [0.2, 0.25) is 5.91 Å². The largest absolute Gasteiger partial charge is 0.343 e. The van der Waals surface area contributed by atoms with Gasteiger partial charge in [0.1, 0.15) is 0 Å². The second kappa shape index (κ2) is 8.07. The minimum Gasteiger partial charge on any atom is -0.343 e.